The standard InChI is InChI=1S/C18H30N2/c1-14(2)19-10-9-17-5-7-18(8-6-17)13-20-11-15(3)16(4)12-20/h5-8,14-16,19H,9-13H2,1-4H3. The van der Waals surface area contributed by atoms with Gasteiger partial charge in [0.2, 0.25) is 0 Å². The summed E-state index contributed by atoms with van der Waals surface area (Å²) < 4.78 is 0. The average Bonchev–Trinajstić information content (AvgIpc) is 2.70. The van der Waals surface area contributed by atoms with Crippen LogP contribution in [0.1, 0.15) is 38.8 Å². The van der Waals surface area contributed by atoms with Gasteiger partial charge in [-0.15, -0.1) is 0 Å². The Morgan fingerprint density at radius 1 is 1.05 bits per heavy atom. The monoisotopic (exact) mass is 274 g/mol. The van der Waals surface area contributed by atoms with Gasteiger partial charge in [-0.25, -0.2) is 0 Å². The Balaban J connectivity index is 1.79. The summed E-state index contributed by atoms with van der Waals surface area (Å²) in [7, 11) is 0. The highest BCUT2D eigenvalue weighted by molar-refractivity contribution is 5.23. The summed E-state index contributed by atoms with van der Waals surface area (Å²) in [4.78, 5) is 2.59. The molecule has 2 atom stereocenters. The molecule has 0 aromatic heterocycles. The summed E-state index contributed by atoms with van der Waals surface area (Å²) in [5.41, 5.74) is 2.89. The van der Waals surface area contributed by atoms with Crippen molar-refractivity contribution in [3.63, 3.8) is 0 Å². The minimum absolute atomic E-state index is 0.577. The van der Waals surface area contributed by atoms with Crippen LogP contribution in [0.15, 0.2) is 24.3 Å². The van der Waals surface area contributed by atoms with Crippen LogP contribution in [-0.4, -0.2) is 30.6 Å². The van der Waals surface area contributed by atoms with Crippen LogP contribution in [0.25, 0.3) is 0 Å². The molecule has 2 nitrogen and oxygen atoms in total. The molecule has 1 aromatic carbocycles. The fraction of sp³-hybridized carbons (Fsp3) is 0.667. The molecule has 1 heterocycles. The van der Waals surface area contributed by atoms with E-state index in [1.54, 1.807) is 0 Å². The Hall–Kier alpha value is -0.860. The second-order valence-corrected chi connectivity index (χ2v) is 6.82. The van der Waals surface area contributed by atoms with Crippen molar-refractivity contribution in [2.45, 2.75) is 46.7 Å². The number of rotatable bonds is 6. The summed E-state index contributed by atoms with van der Waals surface area (Å²) in [6.45, 7) is 13.8. The number of benzene rings is 1. The quantitative estimate of drug-likeness (QED) is 0.856. The van der Waals surface area contributed by atoms with Crippen molar-refractivity contribution < 1.29 is 0 Å². The fourth-order valence-corrected chi connectivity index (χ4v) is 2.95. The van der Waals surface area contributed by atoms with Gasteiger partial charge in [-0.2, -0.15) is 0 Å². The highest BCUT2D eigenvalue weighted by atomic mass is 15.1. The van der Waals surface area contributed by atoms with Crippen molar-refractivity contribution in [1.29, 1.82) is 0 Å². The lowest BCUT2D eigenvalue weighted by Crippen LogP contribution is -2.24. The first-order valence-corrected chi connectivity index (χ1v) is 8.08. The van der Waals surface area contributed by atoms with E-state index in [4.69, 9.17) is 0 Å². The Morgan fingerprint density at radius 3 is 2.15 bits per heavy atom. The molecule has 2 heteroatoms. The molecule has 1 aromatic rings. The van der Waals surface area contributed by atoms with E-state index in [1.165, 1.54) is 24.2 Å². The van der Waals surface area contributed by atoms with E-state index in [2.05, 4.69) is 62.2 Å². The van der Waals surface area contributed by atoms with Crippen LogP contribution in [0.5, 0.6) is 0 Å². The number of likely N-dealkylation sites (tertiary alicyclic amines) is 1. The number of hydrogen-bond acceptors (Lipinski definition) is 2. The van der Waals surface area contributed by atoms with Crippen LogP contribution >= 0.6 is 0 Å². The van der Waals surface area contributed by atoms with Crippen molar-refractivity contribution in [3.05, 3.63) is 35.4 Å². The van der Waals surface area contributed by atoms with Crippen LogP contribution in [0.4, 0.5) is 0 Å². The first-order chi connectivity index (χ1) is 9.54. The zero-order valence-corrected chi connectivity index (χ0v) is 13.5. The molecule has 0 spiro atoms. The van der Waals surface area contributed by atoms with Gasteiger partial charge in [-0.05, 0) is 35.9 Å². The van der Waals surface area contributed by atoms with Crippen molar-refractivity contribution in [3.8, 4) is 0 Å². The second kappa shape index (κ2) is 7.24. The lowest BCUT2D eigenvalue weighted by Gasteiger charge is -2.15. The summed E-state index contributed by atoms with van der Waals surface area (Å²) in [5.74, 6) is 1.69. The fourth-order valence-electron chi connectivity index (χ4n) is 2.95. The molecule has 1 aliphatic rings. The topological polar surface area (TPSA) is 15.3 Å². The molecule has 1 fully saturated rings. The Kier molecular flexibility index (Phi) is 5.62. The average molecular weight is 274 g/mol. The predicted molar refractivity (Wildman–Crippen MR) is 86.9 cm³/mol. The molecule has 1 aliphatic heterocycles. The minimum Gasteiger partial charge on any atom is -0.314 e. The summed E-state index contributed by atoms with van der Waals surface area (Å²) in [6, 6.07) is 9.77. The van der Waals surface area contributed by atoms with E-state index in [-0.39, 0.29) is 0 Å². The SMILES string of the molecule is CC(C)NCCc1ccc(CN2CC(C)C(C)C2)cc1. The second-order valence-electron chi connectivity index (χ2n) is 6.82. The van der Waals surface area contributed by atoms with Gasteiger partial charge >= 0.3 is 0 Å². The van der Waals surface area contributed by atoms with E-state index in [9.17, 15) is 0 Å². The molecule has 112 valence electrons. The molecule has 0 bridgehead atoms. The van der Waals surface area contributed by atoms with Gasteiger partial charge in [-0.1, -0.05) is 52.0 Å². The van der Waals surface area contributed by atoms with Crippen molar-refractivity contribution in [2.24, 2.45) is 11.8 Å². The smallest absolute Gasteiger partial charge is 0.0233 e. The number of hydrogen-bond donors (Lipinski definition) is 1. The number of nitrogens with zero attached hydrogens (tertiary/aromatic N) is 1. The lowest BCUT2D eigenvalue weighted by atomic mass is 10.0. The lowest BCUT2D eigenvalue weighted by molar-refractivity contribution is 0.316. The van der Waals surface area contributed by atoms with E-state index in [0.717, 1.165) is 31.3 Å². The molecule has 20 heavy (non-hydrogen) atoms. The van der Waals surface area contributed by atoms with Gasteiger partial charge in [0, 0.05) is 25.7 Å². The van der Waals surface area contributed by atoms with Crippen LogP contribution in [0.3, 0.4) is 0 Å². The predicted octanol–water partition coefficient (Wildman–Crippen LogP) is 3.31. The van der Waals surface area contributed by atoms with Gasteiger partial charge in [-0.3, -0.25) is 4.90 Å². The van der Waals surface area contributed by atoms with Gasteiger partial charge in [0.15, 0.2) is 0 Å². The van der Waals surface area contributed by atoms with Gasteiger partial charge in [0.1, 0.15) is 0 Å². The highest BCUT2D eigenvalue weighted by Gasteiger charge is 2.25. The molecule has 2 unspecified atom stereocenters. The Bertz CT molecular complexity index is 386. The van der Waals surface area contributed by atoms with Crippen LogP contribution in [-0.2, 0) is 13.0 Å². The maximum absolute atomic E-state index is 3.47. The minimum atomic E-state index is 0.577. The van der Waals surface area contributed by atoms with Crippen molar-refractivity contribution >= 4 is 0 Å². The first-order valence-electron chi connectivity index (χ1n) is 8.08. The summed E-state index contributed by atoms with van der Waals surface area (Å²) >= 11 is 0. The molecule has 1 N–H and O–H groups in total. The van der Waals surface area contributed by atoms with Gasteiger partial charge in [0.05, 0.1) is 0 Å². The van der Waals surface area contributed by atoms with E-state index < -0.39 is 0 Å². The summed E-state index contributed by atoms with van der Waals surface area (Å²) in [6.07, 6.45) is 1.12. The van der Waals surface area contributed by atoms with Crippen LogP contribution in [0, 0.1) is 11.8 Å². The largest absolute Gasteiger partial charge is 0.314 e. The maximum atomic E-state index is 3.47. The normalized spacial score (nSPS) is 23.6. The van der Waals surface area contributed by atoms with E-state index in [0.29, 0.717) is 6.04 Å². The first kappa shape index (κ1) is 15.5. The molecule has 0 radical (unpaired) electrons. The molecule has 0 saturated carbocycles. The summed E-state index contributed by atoms with van der Waals surface area (Å²) in [5, 5.41) is 3.47. The molecular formula is C18H30N2. The third-order valence-corrected chi connectivity index (χ3v) is 4.46. The Morgan fingerprint density at radius 2 is 1.60 bits per heavy atom. The maximum Gasteiger partial charge on any atom is 0.0233 e. The molecule has 2 rings (SSSR count). The van der Waals surface area contributed by atoms with Crippen LogP contribution < -0.4 is 5.32 Å². The van der Waals surface area contributed by atoms with Gasteiger partial charge in [0.25, 0.3) is 0 Å². The molecule has 0 aliphatic carbocycles. The van der Waals surface area contributed by atoms with Gasteiger partial charge < -0.3 is 5.32 Å². The van der Waals surface area contributed by atoms with Crippen molar-refractivity contribution in [1.82, 2.24) is 10.2 Å². The third kappa shape index (κ3) is 4.60. The van der Waals surface area contributed by atoms with Crippen LogP contribution in [0.2, 0.25) is 0 Å². The zero-order valence-electron chi connectivity index (χ0n) is 13.5. The van der Waals surface area contributed by atoms with E-state index >= 15 is 0 Å². The Labute approximate surface area is 124 Å². The molecule has 1 saturated heterocycles. The zero-order chi connectivity index (χ0) is 14.5. The number of nitrogens with one attached hydrogen (secondary N) is 1. The highest BCUT2D eigenvalue weighted by Crippen LogP contribution is 2.23. The molecule has 0 amide bonds. The van der Waals surface area contributed by atoms with Crippen molar-refractivity contribution in [2.75, 3.05) is 19.6 Å². The van der Waals surface area contributed by atoms with E-state index in [1.807, 2.05) is 0 Å². The molecular weight excluding hydrogens is 244 g/mol. The third-order valence-electron chi connectivity index (χ3n) is 4.46.